The van der Waals surface area contributed by atoms with Crippen LogP contribution in [0.4, 0.5) is 8.78 Å². The lowest BCUT2D eigenvalue weighted by Crippen LogP contribution is -2.26. The smallest absolute Gasteiger partial charge is 0.248 e. The predicted octanol–water partition coefficient (Wildman–Crippen LogP) is 3.83. The van der Waals surface area contributed by atoms with Crippen LogP contribution in [0.3, 0.4) is 0 Å². The van der Waals surface area contributed by atoms with E-state index in [1.807, 2.05) is 21.2 Å². The van der Waals surface area contributed by atoms with Gasteiger partial charge in [0.15, 0.2) is 0 Å². The molecule has 0 bridgehead atoms. The van der Waals surface area contributed by atoms with Gasteiger partial charge in [-0.15, -0.1) is 0 Å². The van der Waals surface area contributed by atoms with Gasteiger partial charge in [-0.05, 0) is 18.8 Å². The van der Waals surface area contributed by atoms with Crippen molar-refractivity contribution >= 4 is 30.4 Å². The fraction of sp³-hybridized carbons (Fsp3) is 1.00. The number of halogens is 3. The first-order chi connectivity index (χ1) is 5.64. The normalized spacial score (nSPS) is 24.2. The molecule has 0 amide bonds. The first-order valence-electron chi connectivity index (χ1n) is 3.92. The number of hydrogen-bond donors (Lipinski definition) is 0. The van der Waals surface area contributed by atoms with Gasteiger partial charge in [0.1, 0.15) is 0 Å². The molecule has 0 unspecified atom stereocenters. The van der Waals surface area contributed by atoms with Crippen molar-refractivity contribution in [3.05, 3.63) is 0 Å². The Bertz CT molecular complexity index is 135. The number of rotatable bonds is 3. The highest BCUT2D eigenvalue weighted by Gasteiger charge is 2.34. The van der Waals surface area contributed by atoms with Gasteiger partial charge < -0.3 is 4.18 Å². The molecule has 1 rings (SSSR count). The second kappa shape index (κ2) is 4.95. The zero-order chi connectivity index (χ0) is 9.03. The van der Waals surface area contributed by atoms with Gasteiger partial charge >= 0.3 is 0 Å². The highest BCUT2D eigenvalue weighted by Crippen LogP contribution is 2.36. The van der Waals surface area contributed by atoms with Crippen LogP contribution in [0.15, 0.2) is 0 Å². The first-order valence-corrected chi connectivity index (χ1v) is 7.20. The van der Waals surface area contributed by atoms with Crippen LogP contribution in [-0.4, -0.2) is 12.5 Å². The number of hydrogen-bond acceptors (Lipinski definition) is 2. The minimum absolute atomic E-state index is 0.0347. The van der Waals surface area contributed by atoms with Gasteiger partial charge in [-0.1, -0.05) is 0 Å². The highest BCUT2D eigenvalue weighted by molar-refractivity contribution is 14.2. The summed E-state index contributed by atoms with van der Waals surface area (Å²) in [4.78, 5) is 0. The molecule has 0 atom stereocenters. The molecule has 0 aliphatic heterocycles. The Morgan fingerprint density at radius 2 is 2.00 bits per heavy atom. The monoisotopic (exact) mass is 308 g/mol. The van der Waals surface area contributed by atoms with E-state index in [-0.39, 0.29) is 12.8 Å². The molecule has 1 nitrogen and oxygen atoms in total. The summed E-state index contributed by atoms with van der Waals surface area (Å²) in [5, 5.41) is 0. The summed E-state index contributed by atoms with van der Waals surface area (Å²) < 4.78 is 30.4. The summed E-state index contributed by atoms with van der Waals surface area (Å²) in [6.07, 6.45) is 1.27. The lowest BCUT2D eigenvalue weighted by Gasteiger charge is -2.27. The van der Waals surface area contributed by atoms with E-state index in [2.05, 4.69) is 0 Å². The minimum atomic E-state index is -2.41. The molecule has 1 fully saturated rings. The standard InChI is InChI=1S/C7H11F2IOS/c8-7(9)3-1-6(2-4-7)5-11-12-10/h6H,1-5H2. The predicted molar refractivity (Wildman–Crippen MR) is 54.5 cm³/mol. The Balaban J connectivity index is 2.18. The molecule has 1 saturated carbocycles. The molecule has 1 aliphatic carbocycles. The zero-order valence-corrected chi connectivity index (χ0v) is 9.54. The van der Waals surface area contributed by atoms with Crippen LogP contribution < -0.4 is 0 Å². The van der Waals surface area contributed by atoms with Crippen LogP contribution in [0, 0.1) is 5.92 Å². The van der Waals surface area contributed by atoms with E-state index >= 15 is 0 Å². The topological polar surface area (TPSA) is 9.23 Å². The van der Waals surface area contributed by atoms with Crippen LogP contribution in [0.2, 0.25) is 0 Å². The molecule has 0 radical (unpaired) electrons. The molecule has 0 spiro atoms. The molecule has 72 valence electrons. The minimum Gasteiger partial charge on any atom is -0.305 e. The van der Waals surface area contributed by atoms with Gasteiger partial charge in [-0.3, -0.25) is 0 Å². The van der Waals surface area contributed by atoms with Crippen molar-refractivity contribution in [2.75, 3.05) is 6.61 Å². The van der Waals surface area contributed by atoms with Gasteiger partial charge in [-0.2, -0.15) is 0 Å². The molecule has 5 heteroatoms. The third-order valence-corrected chi connectivity index (χ3v) is 3.17. The Morgan fingerprint density at radius 3 is 2.50 bits per heavy atom. The van der Waals surface area contributed by atoms with E-state index in [9.17, 15) is 8.78 Å². The van der Waals surface area contributed by atoms with Crippen molar-refractivity contribution in [1.82, 2.24) is 0 Å². The van der Waals surface area contributed by atoms with Gasteiger partial charge in [0.05, 0.1) is 15.8 Å². The van der Waals surface area contributed by atoms with Crippen molar-refractivity contribution < 1.29 is 13.0 Å². The molecular formula is C7H11F2IOS. The van der Waals surface area contributed by atoms with Crippen molar-refractivity contribution in [2.45, 2.75) is 31.6 Å². The lowest BCUT2D eigenvalue weighted by molar-refractivity contribution is -0.0491. The third-order valence-electron chi connectivity index (χ3n) is 2.18. The van der Waals surface area contributed by atoms with Gasteiger partial charge in [0.25, 0.3) is 0 Å². The van der Waals surface area contributed by atoms with Crippen molar-refractivity contribution in [2.24, 2.45) is 5.92 Å². The van der Waals surface area contributed by atoms with Crippen LogP contribution in [0.25, 0.3) is 0 Å². The summed E-state index contributed by atoms with van der Waals surface area (Å²) in [7, 11) is 1.28. The highest BCUT2D eigenvalue weighted by atomic mass is 127. The summed E-state index contributed by atoms with van der Waals surface area (Å²) in [6, 6.07) is 0. The van der Waals surface area contributed by atoms with E-state index in [0.29, 0.717) is 25.4 Å². The summed E-state index contributed by atoms with van der Waals surface area (Å²) in [5.41, 5.74) is 0. The number of alkyl halides is 2. The van der Waals surface area contributed by atoms with Crippen LogP contribution >= 0.6 is 30.4 Å². The lowest BCUT2D eigenvalue weighted by atomic mass is 9.87. The Hall–Kier alpha value is 0.900. The van der Waals surface area contributed by atoms with Crippen LogP contribution in [0.5, 0.6) is 0 Å². The Morgan fingerprint density at radius 1 is 1.42 bits per heavy atom. The average Bonchev–Trinajstić information content (AvgIpc) is 2.03. The van der Waals surface area contributed by atoms with E-state index < -0.39 is 5.92 Å². The molecule has 0 aromatic rings. The van der Waals surface area contributed by atoms with Crippen LogP contribution in [0.1, 0.15) is 25.7 Å². The Labute approximate surface area is 87.4 Å². The average molecular weight is 308 g/mol. The summed E-state index contributed by atoms with van der Waals surface area (Å²) in [6.45, 7) is 0.615. The quantitative estimate of drug-likeness (QED) is 0.579. The van der Waals surface area contributed by atoms with Gasteiger partial charge in [0.2, 0.25) is 5.92 Å². The zero-order valence-electron chi connectivity index (χ0n) is 6.56. The molecular weight excluding hydrogens is 297 g/mol. The maximum absolute atomic E-state index is 12.7. The Kier molecular flexibility index (Phi) is 4.53. The summed E-state index contributed by atoms with van der Waals surface area (Å²) in [5.74, 6) is -2.07. The largest absolute Gasteiger partial charge is 0.305 e. The third kappa shape index (κ3) is 3.74. The van der Waals surface area contributed by atoms with Crippen molar-refractivity contribution in [3.63, 3.8) is 0 Å². The molecule has 1 aliphatic rings. The van der Waals surface area contributed by atoms with Crippen molar-refractivity contribution in [3.8, 4) is 0 Å². The SMILES string of the molecule is FC1(F)CCC(COSI)CC1. The van der Waals surface area contributed by atoms with E-state index in [1.165, 1.54) is 9.21 Å². The second-order valence-electron chi connectivity index (χ2n) is 3.15. The maximum atomic E-state index is 12.7. The fourth-order valence-electron chi connectivity index (χ4n) is 1.39. The maximum Gasteiger partial charge on any atom is 0.248 e. The van der Waals surface area contributed by atoms with E-state index in [1.54, 1.807) is 0 Å². The molecule has 12 heavy (non-hydrogen) atoms. The second-order valence-corrected chi connectivity index (χ2v) is 4.59. The van der Waals surface area contributed by atoms with E-state index in [0.717, 1.165) is 0 Å². The molecule has 0 saturated heterocycles. The summed E-state index contributed by atoms with van der Waals surface area (Å²) >= 11 is 2.04. The van der Waals surface area contributed by atoms with Crippen LogP contribution in [-0.2, 0) is 4.18 Å². The first kappa shape index (κ1) is 11.0. The molecule has 0 N–H and O–H groups in total. The van der Waals surface area contributed by atoms with Crippen molar-refractivity contribution in [1.29, 1.82) is 0 Å². The van der Waals surface area contributed by atoms with E-state index in [4.69, 9.17) is 4.18 Å². The fourth-order valence-corrected chi connectivity index (χ4v) is 2.07. The van der Waals surface area contributed by atoms with Gasteiger partial charge in [-0.25, -0.2) is 8.78 Å². The molecule has 0 aromatic heterocycles. The molecule has 0 heterocycles. The van der Waals surface area contributed by atoms with Gasteiger partial charge in [0, 0.05) is 34.0 Å². The molecule has 0 aromatic carbocycles.